The van der Waals surface area contributed by atoms with Gasteiger partial charge in [-0.1, -0.05) is 24.3 Å². The standard InChI is InChI=1S/C15H16N2O/c1-2-17-8-7-16-15(17)14(18)13-9-11-5-3-4-6-12(11)10-13/h3-8,13H,2,9-10H2,1H3. The minimum absolute atomic E-state index is 0.0649. The highest BCUT2D eigenvalue weighted by atomic mass is 16.1. The molecule has 92 valence electrons. The van der Waals surface area contributed by atoms with E-state index in [2.05, 4.69) is 17.1 Å². The number of carbonyl (C=O) groups is 1. The van der Waals surface area contributed by atoms with Crippen LogP contribution in [0.3, 0.4) is 0 Å². The summed E-state index contributed by atoms with van der Waals surface area (Å²) in [6.45, 7) is 2.82. The molecule has 3 heteroatoms. The van der Waals surface area contributed by atoms with Gasteiger partial charge in [-0.15, -0.1) is 0 Å². The molecule has 1 heterocycles. The Kier molecular flexibility index (Phi) is 2.74. The van der Waals surface area contributed by atoms with Crippen LogP contribution in [0.5, 0.6) is 0 Å². The van der Waals surface area contributed by atoms with E-state index >= 15 is 0 Å². The van der Waals surface area contributed by atoms with Crippen LogP contribution < -0.4 is 0 Å². The van der Waals surface area contributed by atoms with Gasteiger partial charge in [0.25, 0.3) is 0 Å². The van der Waals surface area contributed by atoms with E-state index in [1.54, 1.807) is 6.20 Å². The molecule has 18 heavy (non-hydrogen) atoms. The zero-order valence-electron chi connectivity index (χ0n) is 10.5. The summed E-state index contributed by atoms with van der Waals surface area (Å²) >= 11 is 0. The molecule has 0 N–H and O–H groups in total. The van der Waals surface area contributed by atoms with Gasteiger partial charge in [-0.05, 0) is 30.9 Å². The van der Waals surface area contributed by atoms with E-state index in [1.165, 1.54) is 11.1 Å². The van der Waals surface area contributed by atoms with Crippen molar-refractivity contribution in [3.63, 3.8) is 0 Å². The molecule has 1 aromatic heterocycles. The zero-order valence-corrected chi connectivity index (χ0v) is 10.5. The first-order valence-corrected chi connectivity index (χ1v) is 6.41. The fraction of sp³-hybridized carbons (Fsp3) is 0.333. The third kappa shape index (κ3) is 1.76. The van der Waals surface area contributed by atoms with Crippen LogP contribution in [0.15, 0.2) is 36.7 Å². The molecule has 0 radical (unpaired) electrons. The van der Waals surface area contributed by atoms with Crippen molar-refractivity contribution in [2.45, 2.75) is 26.3 Å². The number of ketones is 1. The quantitative estimate of drug-likeness (QED) is 0.773. The average molecular weight is 240 g/mol. The smallest absolute Gasteiger partial charge is 0.201 e. The normalized spacial score (nSPS) is 14.7. The lowest BCUT2D eigenvalue weighted by atomic mass is 10.0. The highest BCUT2D eigenvalue weighted by Gasteiger charge is 2.29. The van der Waals surface area contributed by atoms with E-state index in [0.29, 0.717) is 5.82 Å². The van der Waals surface area contributed by atoms with Crippen molar-refractivity contribution >= 4 is 5.78 Å². The van der Waals surface area contributed by atoms with Crippen LogP contribution in [0.4, 0.5) is 0 Å². The Labute approximate surface area is 106 Å². The molecule has 0 aliphatic heterocycles. The van der Waals surface area contributed by atoms with Crippen molar-refractivity contribution in [2.24, 2.45) is 5.92 Å². The van der Waals surface area contributed by atoms with Gasteiger partial charge in [0.15, 0.2) is 5.82 Å². The zero-order chi connectivity index (χ0) is 12.5. The summed E-state index contributed by atoms with van der Waals surface area (Å²) in [4.78, 5) is 16.7. The third-order valence-electron chi connectivity index (χ3n) is 3.70. The molecule has 0 amide bonds. The maximum atomic E-state index is 12.5. The molecule has 3 nitrogen and oxygen atoms in total. The van der Waals surface area contributed by atoms with Gasteiger partial charge in [-0.2, -0.15) is 0 Å². The third-order valence-corrected chi connectivity index (χ3v) is 3.70. The highest BCUT2D eigenvalue weighted by molar-refractivity contribution is 5.95. The number of hydrogen-bond acceptors (Lipinski definition) is 2. The molecule has 0 unspecified atom stereocenters. The fourth-order valence-electron chi connectivity index (χ4n) is 2.72. The number of aryl methyl sites for hydroxylation is 1. The molecule has 0 bridgehead atoms. The molecule has 1 aliphatic rings. The van der Waals surface area contributed by atoms with Crippen molar-refractivity contribution in [2.75, 3.05) is 0 Å². The van der Waals surface area contributed by atoms with Gasteiger partial charge in [-0.3, -0.25) is 4.79 Å². The van der Waals surface area contributed by atoms with Gasteiger partial charge in [-0.25, -0.2) is 4.98 Å². The van der Waals surface area contributed by atoms with Crippen LogP contribution in [0.25, 0.3) is 0 Å². The Bertz CT molecular complexity index is 561. The molecule has 0 spiro atoms. The van der Waals surface area contributed by atoms with Crippen molar-refractivity contribution in [1.82, 2.24) is 9.55 Å². The molecule has 0 saturated carbocycles. The summed E-state index contributed by atoms with van der Waals surface area (Å²) in [6.07, 6.45) is 5.28. The van der Waals surface area contributed by atoms with E-state index in [9.17, 15) is 4.79 Å². The summed E-state index contributed by atoms with van der Waals surface area (Å²) < 4.78 is 1.92. The summed E-state index contributed by atoms with van der Waals surface area (Å²) in [5.41, 5.74) is 2.62. The minimum Gasteiger partial charge on any atom is -0.329 e. The van der Waals surface area contributed by atoms with Crippen LogP contribution in [0, 0.1) is 5.92 Å². The molecule has 0 atom stereocenters. The second-order valence-corrected chi connectivity index (χ2v) is 4.77. The van der Waals surface area contributed by atoms with E-state index in [-0.39, 0.29) is 11.7 Å². The number of aromatic nitrogens is 2. The number of Topliss-reactive ketones (excluding diaryl/α,β-unsaturated/α-hetero) is 1. The van der Waals surface area contributed by atoms with Crippen LogP contribution in [-0.4, -0.2) is 15.3 Å². The monoisotopic (exact) mass is 240 g/mol. The number of nitrogens with zero attached hydrogens (tertiary/aromatic N) is 2. The number of fused-ring (bicyclic) bond motifs is 1. The second kappa shape index (κ2) is 4.41. The van der Waals surface area contributed by atoms with E-state index < -0.39 is 0 Å². The molecule has 3 rings (SSSR count). The maximum Gasteiger partial charge on any atom is 0.201 e. The predicted molar refractivity (Wildman–Crippen MR) is 69.6 cm³/mol. The average Bonchev–Trinajstić information content (AvgIpc) is 3.03. The van der Waals surface area contributed by atoms with Crippen molar-refractivity contribution in [3.05, 3.63) is 53.6 Å². The first kappa shape index (κ1) is 11.2. The molecule has 2 aromatic rings. The van der Waals surface area contributed by atoms with E-state index in [1.807, 2.05) is 29.8 Å². The maximum absolute atomic E-state index is 12.5. The topological polar surface area (TPSA) is 34.9 Å². The van der Waals surface area contributed by atoms with Crippen molar-refractivity contribution in [3.8, 4) is 0 Å². The first-order valence-electron chi connectivity index (χ1n) is 6.41. The Morgan fingerprint density at radius 1 is 1.33 bits per heavy atom. The Morgan fingerprint density at radius 2 is 2.00 bits per heavy atom. The molecular formula is C15H16N2O. The molecule has 0 fully saturated rings. The van der Waals surface area contributed by atoms with Crippen LogP contribution in [-0.2, 0) is 19.4 Å². The van der Waals surface area contributed by atoms with Crippen molar-refractivity contribution in [1.29, 1.82) is 0 Å². The van der Waals surface area contributed by atoms with Crippen LogP contribution in [0.1, 0.15) is 28.7 Å². The van der Waals surface area contributed by atoms with Crippen molar-refractivity contribution < 1.29 is 4.79 Å². The van der Waals surface area contributed by atoms with E-state index in [4.69, 9.17) is 0 Å². The lowest BCUT2D eigenvalue weighted by Gasteiger charge is -2.08. The summed E-state index contributed by atoms with van der Waals surface area (Å²) in [5.74, 6) is 0.850. The molecule has 1 aromatic carbocycles. The Balaban J connectivity index is 1.85. The minimum atomic E-state index is 0.0649. The SMILES string of the molecule is CCn1ccnc1C(=O)C1Cc2ccccc2C1. The lowest BCUT2D eigenvalue weighted by Crippen LogP contribution is -2.19. The summed E-state index contributed by atoms with van der Waals surface area (Å²) in [6, 6.07) is 8.32. The van der Waals surface area contributed by atoms with Gasteiger partial charge in [0.2, 0.25) is 5.78 Å². The summed E-state index contributed by atoms with van der Waals surface area (Å²) in [5, 5.41) is 0. The lowest BCUT2D eigenvalue weighted by molar-refractivity contribution is 0.0910. The number of rotatable bonds is 3. The first-order chi connectivity index (χ1) is 8.79. The van der Waals surface area contributed by atoms with Gasteiger partial charge < -0.3 is 4.57 Å². The van der Waals surface area contributed by atoms with Gasteiger partial charge in [0, 0.05) is 24.9 Å². The molecular weight excluding hydrogens is 224 g/mol. The Hall–Kier alpha value is -1.90. The molecule has 1 aliphatic carbocycles. The second-order valence-electron chi connectivity index (χ2n) is 4.77. The molecule has 0 saturated heterocycles. The Morgan fingerprint density at radius 3 is 2.61 bits per heavy atom. The van der Waals surface area contributed by atoms with Crippen LogP contribution >= 0.6 is 0 Å². The van der Waals surface area contributed by atoms with E-state index in [0.717, 1.165) is 19.4 Å². The van der Waals surface area contributed by atoms with Gasteiger partial charge in [0.1, 0.15) is 0 Å². The van der Waals surface area contributed by atoms with Crippen LogP contribution in [0.2, 0.25) is 0 Å². The summed E-state index contributed by atoms with van der Waals surface area (Å²) in [7, 11) is 0. The van der Waals surface area contributed by atoms with Gasteiger partial charge >= 0.3 is 0 Å². The number of imidazole rings is 1. The van der Waals surface area contributed by atoms with Gasteiger partial charge in [0.05, 0.1) is 0 Å². The number of carbonyl (C=O) groups excluding carboxylic acids is 1. The highest BCUT2D eigenvalue weighted by Crippen LogP contribution is 2.28. The predicted octanol–water partition coefficient (Wildman–Crippen LogP) is 2.50. The number of hydrogen-bond donors (Lipinski definition) is 0. The fourth-order valence-corrected chi connectivity index (χ4v) is 2.72. The number of benzene rings is 1. The largest absolute Gasteiger partial charge is 0.329 e.